The molecule has 1 aliphatic heterocycles. The highest BCUT2D eigenvalue weighted by Gasteiger charge is 2.25. The lowest BCUT2D eigenvalue weighted by Crippen LogP contribution is -2.50. The standard InChI is InChI=1S/C17H25N5O4/c1-12(2)21-14(10-13(3)18-21)11-19-6-8-20(9-7-19)17(25)26-22-15(23)4-5-16(22)24/h4-5,10,12,23-24H,6-9,11H2,1-3H3. The Bertz CT molecular complexity index is 755. The fraction of sp³-hybridized carbons (Fsp3) is 0.529. The summed E-state index contributed by atoms with van der Waals surface area (Å²) in [7, 11) is 0. The Hall–Kier alpha value is -2.68. The van der Waals surface area contributed by atoms with Gasteiger partial charge in [0, 0.05) is 50.9 Å². The topological polar surface area (TPSA) is 96.0 Å². The van der Waals surface area contributed by atoms with Gasteiger partial charge < -0.3 is 20.0 Å². The van der Waals surface area contributed by atoms with Crippen LogP contribution in [0.2, 0.25) is 0 Å². The zero-order valence-corrected chi connectivity index (χ0v) is 15.3. The molecule has 0 aromatic carbocycles. The molecule has 2 aromatic heterocycles. The van der Waals surface area contributed by atoms with Crippen LogP contribution in [0, 0.1) is 6.92 Å². The fourth-order valence-corrected chi connectivity index (χ4v) is 3.08. The molecule has 2 N–H and O–H groups in total. The molecular formula is C17H25N5O4. The molecule has 1 aliphatic rings. The van der Waals surface area contributed by atoms with Crippen LogP contribution in [0.25, 0.3) is 0 Å². The highest BCUT2D eigenvalue weighted by Crippen LogP contribution is 2.19. The van der Waals surface area contributed by atoms with E-state index in [0.29, 0.717) is 37.0 Å². The number of nitrogens with zero attached hydrogens (tertiary/aromatic N) is 5. The first kappa shape index (κ1) is 18.1. The van der Waals surface area contributed by atoms with Crippen LogP contribution in [-0.4, -0.2) is 66.8 Å². The molecule has 26 heavy (non-hydrogen) atoms. The second-order valence-corrected chi connectivity index (χ2v) is 6.78. The number of aromatic nitrogens is 3. The van der Waals surface area contributed by atoms with Crippen molar-refractivity contribution in [3.63, 3.8) is 0 Å². The molecule has 1 amide bonds. The maximum Gasteiger partial charge on any atom is 0.434 e. The predicted octanol–water partition coefficient (Wildman–Crippen LogP) is 1.35. The molecule has 0 aliphatic carbocycles. The van der Waals surface area contributed by atoms with Crippen LogP contribution in [0.4, 0.5) is 4.79 Å². The van der Waals surface area contributed by atoms with Gasteiger partial charge in [-0.2, -0.15) is 5.10 Å². The van der Waals surface area contributed by atoms with E-state index < -0.39 is 6.09 Å². The monoisotopic (exact) mass is 363 g/mol. The SMILES string of the molecule is Cc1cc(CN2CCN(C(=O)On3c(O)ccc3O)CC2)n(C(C)C)n1. The fourth-order valence-electron chi connectivity index (χ4n) is 3.08. The van der Waals surface area contributed by atoms with Crippen molar-refractivity contribution < 1.29 is 19.8 Å². The number of carbonyl (C=O) groups excluding carboxylic acids is 1. The number of piperazine rings is 1. The summed E-state index contributed by atoms with van der Waals surface area (Å²) in [5.41, 5.74) is 2.16. The Labute approximate surface area is 151 Å². The van der Waals surface area contributed by atoms with Gasteiger partial charge in [-0.1, -0.05) is 0 Å². The van der Waals surface area contributed by atoms with Crippen LogP contribution in [-0.2, 0) is 6.54 Å². The molecular weight excluding hydrogens is 338 g/mol. The molecule has 0 radical (unpaired) electrons. The third-order valence-corrected chi connectivity index (χ3v) is 4.41. The Kier molecular flexibility index (Phi) is 5.08. The maximum atomic E-state index is 12.2. The normalized spacial score (nSPS) is 15.6. The Morgan fingerprint density at radius 3 is 2.38 bits per heavy atom. The molecule has 9 nitrogen and oxygen atoms in total. The first-order chi connectivity index (χ1) is 12.3. The molecule has 0 unspecified atom stereocenters. The van der Waals surface area contributed by atoms with Crippen molar-refractivity contribution in [2.45, 2.75) is 33.4 Å². The number of hydrogen-bond acceptors (Lipinski definition) is 6. The van der Waals surface area contributed by atoms with Gasteiger partial charge in [-0.25, -0.2) is 4.79 Å². The second kappa shape index (κ2) is 7.28. The van der Waals surface area contributed by atoms with Crippen molar-refractivity contribution in [3.8, 4) is 11.8 Å². The van der Waals surface area contributed by atoms with Crippen molar-refractivity contribution in [3.05, 3.63) is 29.6 Å². The van der Waals surface area contributed by atoms with Crippen molar-refractivity contribution in [1.82, 2.24) is 24.3 Å². The highest BCUT2D eigenvalue weighted by atomic mass is 16.7. The second-order valence-electron chi connectivity index (χ2n) is 6.78. The van der Waals surface area contributed by atoms with Gasteiger partial charge in [0.1, 0.15) is 0 Å². The van der Waals surface area contributed by atoms with E-state index in [4.69, 9.17) is 4.84 Å². The number of carbonyl (C=O) groups is 1. The van der Waals surface area contributed by atoms with Crippen LogP contribution in [0.15, 0.2) is 18.2 Å². The van der Waals surface area contributed by atoms with Gasteiger partial charge in [-0.05, 0) is 26.8 Å². The molecule has 3 heterocycles. The number of rotatable bonds is 4. The van der Waals surface area contributed by atoms with E-state index in [9.17, 15) is 15.0 Å². The summed E-state index contributed by atoms with van der Waals surface area (Å²) < 4.78 is 2.74. The van der Waals surface area contributed by atoms with Crippen LogP contribution in [0.5, 0.6) is 11.8 Å². The average molecular weight is 363 g/mol. The molecule has 0 spiro atoms. The molecule has 9 heteroatoms. The van der Waals surface area contributed by atoms with E-state index in [0.717, 1.165) is 17.9 Å². The molecule has 2 aromatic rings. The maximum absolute atomic E-state index is 12.2. The number of aromatic hydroxyl groups is 2. The zero-order valence-electron chi connectivity index (χ0n) is 15.3. The van der Waals surface area contributed by atoms with Crippen LogP contribution < -0.4 is 4.84 Å². The van der Waals surface area contributed by atoms with Crippen LogP contribution in [0.1, 0.15) is 31.3 Å². The smallest absolute Gasteiger partial charge is 0.434 e. The minimum Gasteiger partial charge on any atom is -0.492 e. The first-order valence-corrected chi connectivity index (χ1v) is 8.69. The highest BCUT2D eigenvalue weighted by molar-refractivity contribution is 5.68. The summed E-state index contributed by atoms with van der Waals surface area (Å²) in [5, 5.41) is 23.6. The Balaban J connectivity index is 1.55. The zero-order chi connectivity index (χ0) is 18.8. The molecule has 142 valence electrons. The summed E-state index contributed by atoms with van der Waals surface area (Å²) in [6.45, 7) is 9.42. The number of aryl methyl sites for hydroxylation is 1. The minimum absolute atomic E-state index is 0.303. The largest absolute Gasteiger partial charge is 0.492 e. The van der Waals surface area contributed by atoms with Crippen molar-refractivity contribution in [1.29, 1.82) is 0 Å². The van der Waals surface area contributed by atoms with Crippen LogP contribution >= 0.6 is 0 Å². The number of amides is 1. The minimum atomic E-state index is -0.602. The first-order valence-electron chi connectivity index (χ1n) is 8.69. The lowest BCUT2D eigenvalue weighted by molar-refractivity contribution is 0.0551. The Morgan fingerprint density at radius 1 is 1.19 bits per heavy atom. The molecule has 0 atom stereocenters. The van der Waals surface area contributed by atoms with Gasteiger partial charge in [0.25, 0.3) is 0 Å². The van der Waals surface area contributed by atoms with Gasteiger partial charge in [0.15, 0.2) is 0 Å². The molecule has 1 saturated heterocycles. The van der Waals surface area contributed by atoms with Gasteiger partial charge >= 0.3 is 6.09 Å². The summed E-state index contributed by atoms with van der Waals surface area (Å²) >= 11 is 0. The van der Waals surface area contributed by atoms with E-state index in [1.165, 1.54) is 12.1 Å². The van der Waals surface area contributed by atoms with E-state index >= 15 is 0 Å². The van der Waals surface area contributed by atoms with Crippen molar-refractivity contribution in [2.75, 3.05) is 26.2 Å². The lowest BCUT2D eigenvalue weighted by Gasteiger charge is -2.34. The van der Waals surface area contributed by atoms with Gasteiger partial charge in [-0.15, -0.1) is 4.73 Å². The van der Waals surface area contributed by atoms with E-state index in [1.54, 1.807) is 4.90 Å². The lowest BCUT2D eigenvalue weighted by atomic mass is 10.2. The third kappa shape index (κ3) is 3.77. The predicted molar refractivity (Wildman–Crippen MR) is 93.9 cm³/mol. The van der Waals surface area contributed by atoms with E-state index in [1.807, 2.05) is 11.6 Å². The Morgan fingerprint density at radius 2 is 1.81 bits per heavy atom. The molecule has 0 saturated carbocycles. The molecule has 1 fully saturated rings. The summed E-state index contributed by atoms with van der Waals surface area (Å²) in [6, 6.07) is 4.90. The van der Waals surface area contributed by atoms with E-state index in [2.05, 4.69) is 29.9 Å². The quantitative estimate of drug-likeness (QED) is 0.851. The van der Waals surface area contributed by atoms with Gasteiger partial charge in [0.05, 0.1) is 11.4 Å². The molecule has 0 bridgehead atoms. The summed E-state index contributed by atoms with van der Waals surface area (Å²) in [6.07, 6.45) is -0.602. The third-order valence-electron chi connectivity index (χ3n) is 4.41. The average Bonchev–Trinajstić information content (AvgIpc) is 3.12. The van der Waals surface area contributed by atoms with Crippen molar-refractivity contribution in [2.24, 2.45) is 0 Å². The summed E-state index contributed by atoms with van der Waals surface area (Å²) in [5.74, 6) is -0.654. The van der Waals surface area contributed by atoms with Gasteiger partial charge in [0.2, 0.25) is 11.8 Å². The van der Waals surface area contributed by atoms with Crippen molar-refractivity contribution >= 4 is 6.09 Å². The number of hydrogen-bond donors (Lipinski definition) is 2. The molecule has 3 rings (SSSR count). The van der Waals surface area contributed by atoms with Gasteiger partial charge in [-0.3, -0.25) is 9.58 Å². The summed E-state index contributed by atoms with van der Waals surface area (Å²) in [4.78, 5) is 21.1. The van der Waals surface area contributed by atoms with E-state index in [-0.39, 0.29) is 11.8 Å². The van der Waals surface area contributed by atoms with Crippen LogP contribution in [0.3, 0.4) is 0 Å².